The number of nitrogens with zero attached hydrogens (tertiary/aromatic N) is 3. The average Bonchev–Trinajstić information content (AvgIpc) is 3.73. The predicted octanol–water partition coefficient (Wildman–Crippen LogP) is 5.54. The maximum absolute atomic E-state index is 13.2. The molecule has 10 nitrogen and oxygen atoms in total. The molecule has 206 valence electrons. The van der Waals surface area contributed by atoms with Gasteiger partial charge in [-0.2, -0.15) is 0 Å². The Kier molecular flexibility index (Phi) is 6.98. The average molecular weight is 542 g/mol. The second kappa shape index (κ2) is 10.9. The Bertz CT molecular complexity index is 1550. The summed E-state index contributed by atoms with van der Waals surface area (Å²) in [6.45, 7) is 0.841. The van der Waals surface area contributed by atoms with Gasteiger partial charge in [0.05, 0.1) is 28.4 Å². The van der Waals surface area contributed by atoms with E-state index in [9.17, 15) is 19.5 Å². The number of urea groups is 1. The fraction of sp³-hybridized carbons (Fsp3) is 0.333. The number of aromatic carboxylic acids is 1. The number of anilines is 1. The van der Waals surface area contributed by atoms with Crippen LogP contribution < -0.4 is 10.6 Å². The lowest BCUT2D eigenvalue weighted by Gasteiger charge is -2.25. The van der Waals surface area contributed by atoms with E-state index in [1.807, 2.05) is 24.3 Å². The lowest BCUT2D eigenvalue weighted by molar-refractivity contribution is 0.0696. The minimum atomic E-state index is -1.06. The number of carbonyl (C=O) groups excluding carboxylic acids is 2. The third-order valence-corrected chi connectivity index (χ3v) is 7.84. The van der Waals surface area contributed by atoms with Crippen molar-refractivity contribution in [1.82, 2.24) is 19.8 Å². The van der Waals surface area contributed by atoms with Crippen molar-refractivity contribution in [2.75, 3.05) is 18.4 Å². The number of fused-ring (bicyclic) bond motifs is 1. The highest BCUT2D eigenvalue weighted by Gasteiger charge is 2.28. The standard InChI is InChI=1S/C30H31N5O5/c36-28(31-23-11-13-34(17-23)30(39)32-22-6-4-5-20(15-22)29(37)38)19-9-10-26-25(16-19)33-27(21-12-14-40-18-21)35(26)24-7-2-1-3-8-24/h4-6,9-10,12,14-16,18,23-24H,1-3,7-8,11,13,17H2,(H,31,36)(H,32,39)(H,37,38). The molecule has 3 N–H and O–H groups in total. The molecule has 1 unspecified atom stereocenters. The summed E-state index contributed by atoms with van der Waals surface area (Å²) < 4.78 is 7.65. The van der Waals surface area contributed by atoms with Gasteiger partial charge in [-0.3, -0.25) is 4.79 Å². The molecule has 2 fully saturated rings. The number of furan rings is 1. The van der Waals surface area contributed by atoms with Crippen molar-refractivity contribution in [1.29, 1.82) is 0 Å². The molecule has 1 aliphatic carbocycles. The summed E-state index contributed by atoms with van der Waals surface area (Å²) in [4.78, 5) is 43.7. The van der Waals surface area contributed by atoms with Gasteiger partial charge in [0, 0.05) is 36.4 Å². The molecular weight excluding hydrogens is 510 g/mol. The molecule has 2 aromatic carbocycles. The molecule has 1 aliphatic heterocycles. The van der Waals surface area contributed by atoms with E-state index in [0.29, 0.717) is 36.8 Å². The molecule has 2 aliphatic rings. The molecule has 4 aromatic rings. The van der Waals surface area contributed by atoms with Crippen molar-refractivity contribution < 1.29 is 23.9 Å². The zero-order valence-corrected chi connectivity index (χ0v) is 22.0. The van der Waals surface area contributed by atoms with E-state index in [1.54, 1.807) is 29.6 Å². The molecule has 1 atom stereocenters. The topological polar surface area (TPSA) is 130 Å². The number of aromatic nitrogens is 2. The molecular formula is C30H31N5O5. The summed E-state index contributed by atoms with van der Waals surface area (Å²) in [6, 6.07) is 13.5. The van der Waals surface area contributed by atoms with Crippen LogP contribution >= 0.6 is 0 Å². The van der Waals surface area contributed by atoms with Crippen LogP contribution in [0.4, 0.5) is 10.5 Å². The highest BCUT2D eigenvalue weighted by Crippen LogP contribution is 2.36. The fourth-order valence-electron chi connectivity index (χ4n) is 5.81. The maximum Gasteiger partial charge on any atom is 0.335 e. The number of rotatable bonds is 6. The van der Waals surface area contributed by atoms with Crippen LogP contribution in [-0.4, -0.2) is 56.6 Å². The van der Waals surface area contributed by atoms with Gasteiger partial charge in [-0.1, -0.05) is 25.3 Å². The van der Waals surface area contributed by atoms with Crippen molar-refractivity contribution >= 4 is 34.6 Å². The third-order valence-electron chi connectivity index (χ3n) is 7.84. The molecule has 6 rings (SSSR count). The fourth-order valence-corrected chi connectivity index (χ4v) is 5.81. The number of benzene rings is 2. The van der Waals surface area contributed by atoms with Gasteiger partial charge >= 0.3 is 12.0 Å². The Balaban J connectivity index is 1.14. The Labute approximate surface area is 231 Å². The first-order valence-electron chi connectivity index (χ1n) is 13.7. The highest BCUT2D eigenvalue weighted by molar-refractivity contribution is 5.98. The number of carbonyl (C=O) groups is 3. The summed E-state index contributed by atoms with van der Waals surface area (Å²) in [7, 11) is 0. The molecule has 1 saturated heterocycles. The van der Waals surface area contributed by atoms with E-state index in [0.717, 1.165) is 35.3 Å². The van der Waals surface area contributed by atoms with E-state index in [-0.39, 0.29) is 23.5 Å². The first kappa shape index (κ1) is 25.7. The first-order valence-corrected chi connectivity index (χ1v) is 13.7. The summed E-state index contributed by atoms with van der Waals surface area (Å²) in [5.41, 5.74) is 3.73. The highest BCUT2D eigenvalue weighted by atomic mass is 16.4. The van der Waals surface area contributed by atoms with Crippen molar-refractivity contribution in [3.05, 3.63) is 72.2 Å². The minimum absolute atomic E-state index is 0.0989. The Hall–Kier alpha value is -4.60. The van der Waals surface area contributed by atoms with Crippen LogP contribution in [0.2, 0.25) is 0 Å². The number of carboxylic acid groups (broad SMARTS) is 1. The lowest BCUT2D eigenvalue weighted by Crippen LogP contribution is -2.39. The number of nitrogens with one attached hydrogen (secondary N) is 2. The molecule has 0 spiro atoms. The lowest BCUT2D eigenvalue weighted by atomic mass is 9.95. The molecule has 3 heterocycles. The zero-order valence-electron chi connectivity index (χ0n) is 22.0. The van der Waals surface area contributed by atoms with Gasteiger partial charge in [0.15, 0.2) is 0 Å². The minimum Gasteiger partial charge on any atom is -0.478 e. The van der Waals surface area contributed by atoms with E-state index in [4.69, 9.17) is 9.40 Å². The molecule has 0 bridgehead atoms. The Morgan fingerprint density at radius 2 is 1.82 bits per heavy atom. The number of carboxylic acids is 1. The summed E-state index contributed by atoms with van der Waals surface area (Å²) in [5.74, 6) is -0.406. The molecule has 0 radical (unpaired) electrons. The van der Waals surface area contributed by atoms with Gasteiger partial charge < -0.3 is 29.6 Å². The van der Waals surface area contributed by atoms with Crippen molar-refractivity contribution in [2.45, 2.75) is 50.6 Å². The van der Waals surface area contributed by atoms with Crippen molar-refractivity contribution in [3.63, 3.8) is 0 Å². The molecule has 40 heavy (non-hydrogen) atoms. The third kappa shape index (κ3) is 5.16. The van der Waals surface area contributed by atoms with E-state index in [2.05, 4.69) is 15.2 Å². The number of imidazole rings is 1. The van der Waals surface area contributed by atoms with Crippen LogP contribution in [0.15, 0.2) is 65.5 Å². The number of hydrogen-bond acceptors (Lipinski definition) is 5. The van der Waals surface area contributed by atoms with Crippen molar-refractivity contribution in [2.24, 2.45) is 0 Å². The van der Waals surface area contributed by atoms with E-state index in [1.165, 1.54) is 31.4 Å². The molecule has 3 amide bonds. The second-order valence-electron chi connectivity index (χ2n) is 10.5. The van der Waals surface area contributed by atoms with Crippen LogP contribution in [0, 0.1) is 0 Å². The Morgan fingerprint density at radius 1 is 0.975 bits per heavy atom. The predicted molar refractivity (Wildman–Crippen MR) is 149 cm³/mol. The van der Waals surface area contributed by atoms with E-state index >= 15 is 0 Å². The largest absolute Gasteiger partial charge is 0.478 e. The normalized spacial score (nSPS) is 17.7. The second-order valence-corrected chi connectivity index (χ2v) is 10.5. The SMILES string of the molecule is O=C(O)c1cccc(NC(=O)N2CCC(NC(=O)c3ccc4c(c3)nc(-c3ccoc3)n4C3CCCCC3)C2)c1. The summed E-state index contributed by atoms with van der Waals surface area (Å²) in [6.07, 6.45) is 9.84. The summed E-state index contributed by atoms with van der Waals surface area (Å²) in [5, 5.41) is 15.0. The molecule has 2 aromatic heterocycles. The monoisotopic (exact) mass is 541 g/mol. The van der Waals surface area contributed by atoms with Crippen LogP contribution in [0.5, 0.6) is 0 Å². The van der Waals surface area contributed by atoms with Crippen LogP contribution in [0.1, 0.15) is 65.3 Å². The first-order chi connectivity index (χ1) is 19.5. The maximum atomic E-state index is 13.2. The quantitative estimate of drug-likeness (QED) is 0.294. The van der Waals surface area contributed by atoms with Crippen LogP contribution in [-0.2, 0) is 0 Å². The van der Waals surface area contributed by atoms with Crippen molar-refractivity contribution in [3.8, 4) is 11.4 Å². The number of amides is 3. The molecule has 10 heteroatoms. The van der Waals surface area contributed by atoms with Gasteiger partial charge in [0.25, 0.3) is 5.91 Å². The Morgan fingerprint density at radius 3 is 2.60 bits per heavy atom. The molecule has 1 saturated carbocycles. The van der Waals surface area contributed by atoms with Gasteiger partial charge in [-0.15, -0.1) is 0 Å². The van der Waals surface area contributed by atoms with Crippen LogP contribution in [0.25, 0.3) is 22.4 Å². The van der Waals surface area contributed by atoms with Gasteiger partial charge in [0.1, 0.15) is 12.1 Å². The number of likely N-dealkylation sites (tertiary alicyclic amines) is 1. The van der Waals surface area contributed by atoms with Gasteiger partial charge in [-0.05, 0) is 61.7 Å². The number of hydrogen-bond donors (Lipinski definition) is 3. The smallest absolute Gasteiger partial charge is 0.335 e. The van der Waals surface area contributed by atoms with E-state index < -0.39 is 5.97 Å². The zero-order chi connectivity index (χ0) is 27.6. The van der Waals surface area contributed by atoms with Crippen LogP contribution in [0.3, 0.4) is 0 Å². The van der Waals surface area contributed by atoms with Gasteiger partial charge in [0.2, 0.25) is 0 Å². The van der Waals surface area contributed by atoms with Gasteiger partial charge in [-0.25, -0.2) is 14.6 Å². The summed E-state index contributed by atoms with van der Waals surface area (Å²) >= 11 is 0.